The second-order valence-corrected chi connectivity index (χ2v) is 7.56. The molecule has 5 rings (SSSR count). The first-order chi connectivity index (χ1) is 13.7. The van der Waals surface area contributed by atoms with Crippen molar-refractivity contribution in [1.82, 2.24) is 14.9 Å². The first kappa shape index (κ1) is 17.0. The fraction of sp³-hybridized carbons (Fsp3) is 0.318. The van der Waals surface area contributed by atoms with Crippen molar-refractivity contribution in [2.24, 2.45) is 0 Å². The number of aromatic amines is 1. The van der Waals surface area contributed by atoms with Gasteiger partial charge in [-0.3, -0.25) is 4.79 Å². The highest BCUT2D eigenvalue weighted by Gasteiger charge is 2.41. The average Bonchev–Trinajstić information content (AvgIpc) is 3.35. The van der Waals surface area contributed by atoms with E-state index in [1.54, 1.807) is 6.33 Å². The molecule has 2 heterocycles. The smallest absolute Gasteiger partial charge is 0.337 e. The number of carbonyl (C=O) groups is 2. The number of carbonyl (C=O) groups excluding carboxylic acids is 2. The van der Waals surface area contributed by atoms with E-state index in [9.17, 15) is 9.59 Å². The number of amides is 1. The predicted octanol–water partition coefficient (Wildman–Crippen LogP) is 3.29. The van der Waals surface area contributed by atoms with Crippen molar-refractivity contribution in [3.8, 4) is 0 Å². The molecule has 1 N–H and O–H groups in total. The number of piperidine rings is 1. The molecule has 28 heavy (non-hydrogen) atoms. The quantitative estimate of drug-likeness (QED) is 0.698. The zero-order valence-corrected chi connectivity index (χ0v) is 15.6. The molecule has 1 aromatic heterocycles. The van der Waals surface area contributed by atoms with Crippen LogP contribution >= 0.6 is 0 Å². The maximum atomic E-state index is 13.3. The number of nitrogens with one attached hydrogen (secondary N) is 1. The zero-order chi connectivity index (χ0) is 19.3. The normalized spacial score (nSPS) is 20.7. The SMILES string of the molecule is COC(=O)c1ccc2c(c1)C[C@H]1[C@@H]2CCCN1C(=O)c1ccc2[nH]cnc2c1. The highest BCUT2D eigenvalue weighted by atomic mass is 16.5. The van der Waals surface area contributed by atoms with Gasteiger partial charge in [0.25, 0.3) is 5.91 Å². The molecular formula is C22H21N3O3. The molecule has 1 saturated heterocycles. The van der Waals surface area contributed by atoms with Gasteiger partial charge in [0.2, 0.25) is 0 Å². The van der Waals surface area contributed by atoms with E-state index in [-0.39, 0.29) is 17.9 Å². The van der Waals surface area contributed by atoms with Gasteiger partial charge in [-0.15, -0.1) is 0 Å². The molecule has 6 nitrogen and oxygen atoms in total. The van der Waals surface area contributed by atoms with Crippen molar-refractivity contribution in [2.45, 2.75) is 31.2 Å². The topological polar surface area (TPSA) is 75.3 Å². The van der Waals surface area contributed by atoms with E-state index in [0.717, 1.165) is 42.4 Å². The molecule has 0 radical (unpaired) electrons. The first-order valence-corrected chi connectivity index (χ1v) is 9.61. The van der Waals surface area contributed by atoms with Crippen molar-refractivity contribution < 1.29 is 14.3 Å². The van der Waals surface area contributed by atoms with Crippen molar-refractivity contribution in [2.75, 3.05) is 13.7 Å². The Hall–Kier alpha value is -3.15. The summed E-state index contributed by atoms with van der Waals surface area (Å²) in [6, 6.07) is 11.6. The van der Waals surface area contributed by atoms with Gasteiger partial charge in [0.15, 0.2) is 0 Å². The number of esters is 1. The lowest BCUT2D eigenvalue weighted by atomic mass is 9.88. The fourth-order valence-corrected chi connectivity index (χ4v) is 4.77. The van der Waals surface area contributed by atoms with Crippen molar-refractivity contribution in [3.05, 3.63) is 65.0 Å². The van der Waals surface area contributed by atoms with E-state index in [0.29, 0.717) is 17.0 Å². The predicted molar refractivity (Wildman–Crippen MR) is 104 cm³/mol. The summed E-state index contributed by atoms with van der Waals surface area (Å²) >= 11 is 0. The molecular weight excluding hydrogens is 354 g/mol. The molecule has 6 heteroatoms. The minimum absolute atomic E-state index is 0.0561. The molecule has 2 atom stereocenters. The number of aromatic nitrogens is 2. The lowest BCUT2D eigenvalue weighted by Gasteiger charge is -2.38. The number of benzene rings is 2. The summed E-state index contributed by atoms with van der Waals surface area (Å²) in [6.07, 6.45) is 4.47. The molecule has 1 aliphatic heterocycles. The highest BCUT2D eigenvalue weighted by Crippen LogP contribution is 2.43. The monoisotopic (exact) mass is 375 g/mol. The first-order valence-electron chi connectivity index (χ1n) is 9.61. The molecule has 0 unspecified atom stereocenters. The molecule has 0 spiro atoms. The van der Waals surface area contributed by atoms with Crippen LogP contribution in [-0.4, -0.2) is 46.4 Å². The minimum atomic E-state index is -0.321. The standard InChI is InChI=1S/C22H21N3O3/c1-28-22(27)14-4-6-16-15(9-14)11-20-17(16)3-2-8-25(20)21(26)13-5-7-18-19(10-13)24-12-23-18/h4-7,9-10,12,17,20H,2-3,8,11H2,1H3,(H,23,24)/t17-,20+/m1/s1. The lowest BCUT2D eigenvalue weighted by Crippen LogP contribution is -2.46. The van der Waals surface area contributed by atoms with E-state index in [4.69, 9.17) is 4.74 Å². The van der Waals surface area contributed by atoms with Gasteiger partial charge in [-0.2, -0.15) is 0 Å². The second kappa shape index (κ2) is 6.48. The summed E-state index contributed by atoms with van der Waals surface area (Å²) in [5.74, 6) is 0.0621. The average molecular weight is 375 g/mol. The molecule has 2 aliphatic rings. The van der Waals surface area contributed by atoms with Crippen LogP contribution in [0.2, 0.25) is 0 Å². The molecule has 0 bridgehead atoms. The van der Waals surface area contributed by atoms with Crippen LogP contribution in [-0.2, 0) is 11.2 Å². The number of rotatable bonds is 2. The van der Waals surface area contributed by atoms with Gasteiger partial charge in [-0.1, -0.05) is 6.07 Å². The van der Waals surface area contributed by atoms with Gasteiger partial charge in [0.05, 0.1) is 30.0 Å². The van der Waals surface area contributed by atoms with Crippen LogP contribution in [0.5, 0.6) is 0 Å². The molecule has 1 fully saturated rings. The Labute approximate surface area is 162 Å². The van der Waals surface area contributed by atoms with Gasteiger partial charge in [-0.25, -0.2) is 9.78 Å². The third kappa shape index (κ3) is 2.59. The summed E-state index contributed by atoms with van der Waals surface area (Å²) in [5.41, 5.74) is 5.39. The number of hydrogen-bond donors (Lipinski definition) is 1. The lowest BCUT2D eigenvalue weighted by molar-refractivity contribution is 0.0588. The van der Waals surface area contributed by atoms with E-state index < -0.39 is 0 Å². The van der Waals surface area contributed by atoms with Crippen molar-refractivity contribution >= 4 is 22.9 Å². The summed E-state index contributed by atoms with van der Waals surface area (Å²) in [5, 5.41) is 0. The van der Waals surface area contributed by atoms with E-state index in [2.05, 4.69) is 9.97 Å². The Balaban J connectivity index is 1.45. The van der Waals surface area contributed by atoms with Crippen LogP contribution in [0.25, 0.3) is 11.0 Å². The molecule has 3 aromatic rings. The van der Waals surface area contributed by atoms with Crippen LogP contribution in [0.15, 0.2) is 42.7 Å². The number of H-pyrrole nitrogens is 1. The Morgan fingerprint density at radius 2 is 2.04 bits per heavy atom. The maximum absolute atomic E-state index is 13.3. The highest BCUT2D eigenvalue weighted by molar-refractivity contribution is 5.97. The largest absolute Gasteiger partial charge is 0.465 e. The van der Waals surface area contributed by atoms with Crippen LogP contribution < -0.4 is 0 Å². The number of likely N-dealkylation sites (tertiary alicyclic amines) is 1. The number of fused-ring (bicyclic) bond motifs is 4. The number of nitrogens with zero attached hydrogens (tertiary/aromatic N) is 2. The number of hydrogen-bond acceptors (Lipinski definition) is 4. The fourth-order valence-electron chi connectivity index (χ4n) is 4.77. The van der Waals surface area contributed by atoms with Crippen molar-refractivity contribution in [3.63, 3.8) is 0 Å². The number of methoxy groups -OCH3 is 1. The number of ether oxygens (including phenoxy) is 1. The van der Waals surface area contributed by atoms with Crippen LogP contribution in [0, 0.1) is 0 Å². The molecule has 2 aromatic carbocycles. The molecule has 1 aliphatic carbocycles. The van der Waals surface area contributed by atoms with Crippen LogP contribution in [0.4, 0.5) is 0 Å². The Kier molecular flexibility index (Phi) is 3.93. The molecule has 1 amide bonds. The second-order valence-electron chi connectivity index (χ2n) is 7.56. The van der Waals surface area contributed by atoms with Gasteiger partial charge >= 0.3 is 5.97 Å². The van der Waals surface area contributed by atoms with Gasteiger partial charge in [0, 0.05) is 24.1 Å². The third-order valence-electron chi connectivity index (χ3n) is 6.10. The maximum Gasteiger partial charge on any atom is 0.337 e. The molecule has 0 saturated carbocycles. The third-order valence-corrected chi connectivity index (χ3v) is 6.10. The Bertz CT molecular complexity index is 1090. The zero-order valence-electron chi connectivity index (χ0n) is 15.6. The van der Waals surface area contributed by atoms with E-state index in [1.807, 2.05) is 41.3 Å². The summed E-state index contributed by atoms with van der Waals surface area (Å²) in [4.78, 5) is 34.5. The van der Waals surface area contributed by atoms with E-state index >= 15 is 0 Å². The molecule has 142 valence electrons. The number of imidazole rings is 1. The summed E-state index contributed by atoms with van der Waals surface area (Å²) in [6.45, 7) is 0.760. The Morgan fingerprint density at radius 1 is 1.18 bits per heavy atom. The summed E-state index contributed by atoms with van der Waals surface area (Å²) < 4.78 is 4.85. The van der Waals surface area contributed by atoms with E-state index in [1.165, 1.54) is 12.7 Å². The summed E-state index contributed by atoms with van der Waals surface area (Å²) in [7, 11) is 1.39. The van der Waals surface area contributed by atoms with Crippen molar-refractivity contribution in [1.29, 1.82) is 0 Å². The Morgan fingerprint density at radius 3 is 2.89 bits per heavy atom. The van der Waals surface area contributed by atoms with Crippen LogP contribution in [0.1, 0.15) is 50.6 Å². The van der Waals surface area contributed by atoms with Crippen LogP contribution in [0.3, 0.4) is 0 Å². The van der Waals surface area contributed by atoms with Gasteiger partial charge < -0.3 is 14.6 Å². The minimum Gasteiger partial charge on any atom is -0.465 e. The van der Waals surface area contributed by atoms with Gasteiger partial charge in [0.1, 0.15) is 0 Å². The van der Waals surface area contributed by atoms with Gasteiger partial charge in [-0.05, 0) is 60.7 Å².